The average Bonchev–Trinajstić information content (AvgIpc) is 2.81. The molecule has 32 heavy (non-hydrogen) atoms. The number of nitrogens with zero attached hydrogens (tertiary/aromatic N) is 3. The van der Waals surface area contributed by atoms with Crippen LogP contribution in [0.4, 0.5) is 0 Å². The second-order valence-electron chi connectivity index (χ2n) is 7.69. The largest absolute Gasteiger partial charge is 0.350 e. The number of hydrogen-bond donors (Lipinski definition) is 1. The number of carbonyl (C=O) groups is 1. The summed E-state index contributed by atoms with van der Waals surface area (Å²) in [4.78, 5) is 39.8. The fraction of sp³-hybridized carbons (Fsp3) is 0.320. The third kappa shape index (κ3) is 6.28. The molecule has 1 aromatic heterocycles. The Morgan fingerprint density at radius 3 is 2.31 bits per heavy atom. The van der Waals surface area contributed by atoms with Crippen LogP contribution in [-0.4, -0.2) is 33.0 Å². The van der Waals surface area contributed by atoms with Crippen molar-refractivity contribution in [3.05, 3.63) is 104 Å². The van der Waals surface area contributed by atoms with Gasteiger partial charge in [-0.15, -0.1) is 0 Å². The summed E-state index contributed by atoms with van der Waals surface area (Å²) < 4.78 is 2.40. The zero-order valence-corrected chi connectivity index (χ0v) is 18.7. The van der Waals surface area contributed by atoms with Crippen molar-refractivity contribution in [2.24, 2.45) is 0 Å². The van der Waals surface area contributed by atoms with E-state index in [2.05, 4.69) is 36.2 Å². The monoisotopic (exact) mass is 434 g/mol. The number of hydrogen-bond acceptors (Lipinski definition) is 4. The first kappa shape index (κ1) is 23.2. The van der Waals surface area contributed by atoms with Gasteiger partial charge in [-0.2, -0.15) is 0 Å². The predicted molar refractivity (Wildman–Crippen MR) is 125 cm³/mol. The summed E-state index contributed by atoms with van der Waals surface area (Å²) in [6.07, 6.45) is 1.47. The van der Waals surface area contributed by atoms with Crippen LogP contribution in [0.15, 0.2) is 76.4 Å². The summed E-state index contributed by atoms with van der Waals surface area (Å²) in [6, 6.07) is 18.9. The fourth-order valence-electron chi connectivity index (χ4n) is 3.55. The first-order chi connectivity index (χ1) is 15.5. The first-order valence-electron chi connectivity index (χ1n) is 10.9. The molecule has 1 N–H and O–H groups in total. The fourth-order valence-corrected chi connectivity index (χ4v) is 3.55. The summed E-state index contributed by atoms with van der Waals surface area (Å²) in [5.74, 6) is -0.379. The second-order valence-corrected chi connectivity index (χ2v) is 7.69. The maximum Gasteiger partial charge on any atom is 0.331 e. The molecule has 0 aliphatic carbocycles. The maximum atomic E-state index is 12.7. The minimum atomic E-state index is -0.502. The van der Waals surface area contributed by atoms with Gasteiger partial charge in [-0.1, -0.05) is 68.4 Å². The third-order valence-corrected chi connectivity index (χ3v) is 5.42. The number of nitrogens with one attached hydrogen (secondary N) is 1. The van der Waals surface area contributed by atoms with Gasteiger partial charge >= 0.3 is 5.69 Å². The molecule has 0 atom stereocenters. The third-order valence-electron chi connectivity index (χ3n) is 5.42. The molecule has 0 radical (unpaired) electrons. The van der Waals surface area contributed by atoms with Crippen LogP contribution in [-0.2, 0) is 31.0 Å². The lowest BCUT2D eigenvalue weighted by atomic mass is 10.1. The van der Waals surface area contributed by atoms with Gasteiger partial charge in [0.15, 0.2) is 0 Å². The van der Waals surface area contributed by atoms with Crippen molar-refractivity contribution in [3.63, 3.8) is 0 Å². The number of benzene rings is 2. The highest BCUT2D eigenvalue weighted by Crippen LogP contribution is 2.08. The molecular weight excluding hydrogens is 404 g/mol. The predicted octanol–water partition coefficient (Wildman–Crippen LogP) is 2.22. The molecule has 0 unspecified atom stereocenters. The molecule has 0 spiro atoms. The highest BCUT2D eigenvalue weighted by Gasteiger charge is 2.11. The Labute approximate surface area is 187 Å². The van der Waals surface area contributed by atoms with Gasteiger partial charge in [-0.3, -0.25) is 23.6 Å². The molecule has 7 heteroatoms. The van der Waals surface area contributed by atoms with Crippen LogP contribution >= 0.6 is 0 Å². The number of rotatable bonds is 10. The van der Waals surface area contributed by atoms with E-state index in [-0.39, 0.29) is 12.5 Å². The van der Waals surface area contributed by atoms with E-state index in [1.54, 1.807) is 0 Å². The van der Waals surface area contributed by atoms with Crippen molar-refractivity contribution in [2.45, 2.75) is 40.0 Å². The smallest absolute Gasteiger partial charge is 0.331 e. The van der Waals surface area contributed by atoms with Crippen LogP contribution < -0.4 is 16.6 Å². The zero-order chi connectivity index (χ0) is 22.9. The molecule has 3 rings (SSSR count). The maximum absolute atomic E-state index is 12.7. The summed E-state index contributed by atoms with van der Waals surface area (Å²) >= 11 is 0. The van der Waals surface area contributed by atoms with Crippen molar-refractivity contribution in [2.75, 3.05) is 13.1 Å². The van der Waals surface area contributed by atoms with Gasteiger partial charge in [0.25, 0.3) is 5.56 Å². The van der Waals surface area contributed by atoms with Gasteiger partial charge in [-0.05, 0) is 29.8 Å². The number of aromatic nitrogens is 2. The molecule has 7 nitrogen and oxygen atoms in total. The Balaban J connectivity index is 1.65. The Hall–Kier alpha value is -3.45. The molecule has 0 fully saturated rings. The molecule has 0 saturated carbocycles. The van der Waals surface area contributed by atoms with Crippen LogP contribution in [0.1, 0.15) is 30.5 Å². The van der Waals surface area contributed by atoms with Gasteiger partial charge < -0.3 is 5.32 Å². The lowest BCUT2D eigenvalue weighted by Crippen LogP contribution is -2.43. The van der Waals surface area contributed by atoms with E-state index < -0.39 is 11.2 Å². The van der Waals surface area contributed by atoms with Crippen molar-refractivity contribution in [1.82, 2.24) is 19.4 Å². The number of amides is 1. The van der Waals surface area contributed by atoms with Gasteiger partial charge in [0.05, 0.1) is 6.54 Å². The molecule has 0 aliphatic heterocycles. The first-order valence-corrected chi connectivity index (χ1v) is 10.9. The average molecular weight is 435 g/mol. The zero-order valence-electron chi connectivity index (χ0n) is 18.7. The van der Waals surface area contributed by atoms with E-state index in [0.717, 1.165) is 35.3 Å². The van der Waals surface area contributed by atoms with Crippen LogP contribution in [0.2, 0.25) is 0 Å². The minimum absolute atomic E-state index is 0.313. The molecule has 1 amide bonds. The van der Waals surface area contributed by atoms with E-state index in [9.17, 15) is 14.4 Å². The SMILES string of the molecule is CCN(CC)Cc1cccc(CNC(=O)Cn2c(=O)ccn(Cc3ccccc3)c2=O)c1. The quantitative estimate of drug-likeness (QED) is 0.531. The molecule has 3 aromatic rings. The molecule has 0 bridgehead atoms. The van der Waals surface area contributed by atoms with Crippen molar-refractivity contribution in [1.29, 1.82) is 0 Å². The van der Waals surface area contributed by atoms with Crippen LogP contribution in [0.3, 0.4) is 0 Å². The summed E-state index contributed by atoms with van der Waals surface area (Å²) in [5.41, 5.74) is 2.11. The van der Waals surface area contributed by atoms with Crippen molar-refractivity contribution >= 4 is 5.91 Å². The van der Waals surface area contributed by atoms with E-state index in [1.165, 1.54) is 22.4 Å². The normalized spacial score (nSPS) is 11.0. The van der Waals surface area contributed by atoms with Crippen LogP contribution in [0.25, 0.3) is 0 Å². The lowest BCUT2D eigenvalue weighted by Gasteiger charge is -2.18. The van der Waals surface area contributed by atoms with Gasteiger partial charge in [-0.25, -0.2) is 4.79 Å². The molecule has 2 aromatic carbocycles. The summed E-state index contributed by atoms with van der Waals surface area (Å²) in [5, 5.41) is 2.82. The Morgan fingerprint density at radius 1 is 0.906 bits per heavy atom. The highest BCUT2D eigenvalue weighted by molar-refractivity contribution is 5.75. The molecular formula is C25H30N4O3. The molecule has 168 valence electrons. The Bertz CT molecular complexity index is 1150. The van der Waals surface area contributed by atoms with Crippen molar-refractivity contribution < 1.29 is 4.79 Å². The second kappa shape index (κ2) is 11.2. The minimum Gasteiger partial charge on any atom is -0.350 e. The van der Waals surface area contributed by atoms with E-state index in [1.807, 2.05) is 42.5 Å². The van der Waals surface area contributed by atoms with Gasteiger partial charge in [0.2, 0.25) is 5.91 Å². The number of carbonyl (C=O) groups excluding carboxylic acids is 1. The Kier molecular flexibility index (Phi) is 8.16. The molecule has 1 heterocycles. The lowest BCUT2D eigenvalue weighted by molar-refractivity contribution is -0.121. The van der Waals surface area contributed by atoms with Crippen LogP contribution in [0, 0.1) is 0 Å². The van der Waals surface area contributed by atoms with Gasteiger partial charge in [0, 0.05) is 25.4 Å². The van der Waals surface area contributed by atoms with E-state index in [0.29, 0.717) is 13.1 Å². The standard InChI is InChI=1S/C25H30N4O3/c1-3-27(4-2)17-22-12-8-11-21(15-22)16-26-23(30)19-29-24(31)13-14-28(25(29)32)18-20-9-6-5-7-10-20/h5-15H,3-4,16-19H2,1-2H3,(H,26,30). The highest BCUT2D eigenvalue weighted by atomic mass is 16.2. The van der Waals surface area contributed by atoms with E-state index >= 15 is 0 Å². The topological polar surface area (TPSA) is 76.3 Å². The Morgan fingerprint density at radius 2 is 1.59 bits per heavy atom. The van der Waals surface area contributed by atoms with Crippen LogP contribution in [0.5, 0.6) is 0 Å². The van der Waals surface area contributed by atoms with E-state index in [4.69, 9.17) is 0 Å². The van der Waals surface area contributed by atoms with Crippen molar-refractivity contribution in [3.8, 4) is 0 Å². The molecule has 0 saturated heterocycles. The summed E-state index contributed by atoms with van der Waals surface area (Å²) in [6.45, 7) is 7.43. The summed E-state index contributed by atoms with van der Waals surface area (Å²) in [7, 11) is 0. The van der Waals surface area contributed by atoms with Gasteiger partial charge in [0.1, 0.15) is 6.54 Å². The molecule has 0 aliphatic rings.